The van der Waals surface area contributed by atoms with Gasteiger partial charge in [-0.2, -0.15) is 4.31 Å². The second-order valence-corrected chi connectivity index (χ2v) is 6.46. The fourth-order valence-electron chi connectivity index (χ4n) is 1.57. The van der Waals surface area contributed by atoms with Crippen molar-refractivity contribution in [3.63, 3.8) is 0 Å². The van der Waals surface area contributed by atoms with Crippen molar-refractivity contribution in [1.82, 2.24) is 4.31 Å². The molecule has 5 nitrogen and oxygen atoms in total. The first-order valence-electron chi connectivity index (χ1n) is 4.91. The summed E-state index contributed by atoms with van der Waals surface area (Å²) in [6.07, 6.45) is 0. The number of hydrogen-bond donors (Lipinski definition) is 1. The first-order chi connectivity index (χ1) is 7.66. The van der Waals surface area contributed by atoms with E-state index in [4.69, 9.17) is 9.84 Å². The number of aliphatic hydroxyl groups excluding tert-OH is 1. The van der Waals surface area contributed by atoms with Crippen molar-refractivity contribution in [2.45, 2.75) is 10.8 Å². The number of morpholine rings is 1. The molecule has 1 saturated heterocycles. The predicted molar refractivity (Wildman–Crippen MR) is 59.8 cm³/mol. The third-order valence-corrected chi connectivity index (χ3v) is 5.87. The Morgan fingerprint density at radius 3 is 2.75 bits per heavy atom. The molecule has 1 N–H and O–H groups in total. The van der Waals surface area contributed by atoms with Crippen LogP contribution in [-0.4, -0.2) is 44.1 Å². The third kappa shape index (κ3) is 2.14. The van der Waals surface area contributed by atoms with Gasteiger partial charge in [0.25, 0.3) is 10.0 Å². The molecule has 0 spiro atoms. The number of hydrogen-bond acceptors (Lipinski definition) is 5. The lowest BCUT2D eigenvalue weighted by molar-refractivity contribution is 0.0730. The minimum Gasteiger partial charge on any atom is -0.392 e. The smallest absolute Gasteiger partial charge is 0.253 e. The van der Waals surface area contributed by atoms with Gasteiger partial charge >= 0.3 is 0 Å². The quantitative estimate of drug-likeness (QED) is 0.849. The average molecular weight is 263 g/mol. The van der Waals surface area contributed by atoms with Crippen LogP contribution in [0, 0.1) is 0 Å². The van der Waals surface area contributed by atoms with Gasteiger partial charge in [-0.3, -0.25) is 0 Å². The summed E-state index contributed by atoms with van der Waals surface area (Å²) in [5, 5.41) is 10.7. The van der Waals surface area contributed by atoms with Gasteiger partial charge in [0.2, 0.25) is 0 Å². The molecule has 0 amide bonds. The SMILES string of the molecule is O=S(=O)(c1sccc1CO)N1CCOCC1. The van der Waals surface area contributed by atoms with Crippen molar-refractivity contribution >= 4 is 21.4 Å². The highest BCUT2D eigenvalue weighted by Gasteiger charge is 2.29. The van der Waals surface area contributed by atoms with Crippen molar-refractivity contribution < 1.29 is 18.3 Å². The Balaban J connectivity index is 2.30. The second kappa shape index (κ2) is 4.80. The summed E-state index contributed by atoms with van der Waals surface area (Å²) in [7, 11) is -3.45. The van der Waals surface area contributed by atoms with Crippen LogP contribution in [0.1, 0.15) is 5.56 Å². The van der Waals surface area contributed by atoms with Crippen LogP contribution in [0.25, 0.3) is 0 Å². The van der Waals surface area contributed by atoms with Crippen LogP contribution in [0.4, 0.5) is 0 Å². The summed E-state index contributed by atoms with van der Waals surface area (Å²) in [6, 6.07) is 1.64. The summed E-state index contributed by atoms with van der Waals surface area (Å²) in [5.74, 6) is 0. The summed E-state index contributed by atoms with van der Waals surface area (Å²) in [6.45, 7) is 1.37. The summed E-state index contributed by atoms with van der Waals surface area (Å²) < 4.78 is 31.2. The summed E-state index contributed by atoms with van der Waals surface area (Å²) in [4.78, 5) is 0. The van der Waals surface area contributed by atoms with Crippen molar-refractivity contribution in [2.24, 2.45) is 0 Å². The normalized spacial score (nSPS) is 18.8. The molecular weight excluding hydrogens is 250 g/mol. The van der Waals surface area contributed by atoms with Crippen molar-refractivity contribution in [1.29, 1.82) is 0 Å². The molecule has 0 atom stereocenters. The number of sulfonamides is 1. The standard InChI is InChI=1S/C9H13NO4S2/c11-7-8-1-6-15-9(8)16(12,13)10-2-4-14-5-3-10/h1,6,11H,2-5,7H2. The zero-order chi connectivity index (χ0) is 11.6. The number of ether oxygens (including phenoxy) is 1. The largest absolute Gasteiger partial charge is 0.392 e. The molecule has 0 aromatic carbocycles. The van der Waals surface area contributed by atoms with Crippen LogP contribution in [0.5, 0.6) is 0 Å². The average Bonchev–Trinajstić information content (AvgIpc) is 2.79. The predicted octanol–water partition coefficient (Wildman–Crippen LogP) is 0.261. The maximum atomic E-state index is 12.2. The van der Waals surface area contributed by atoms with Gasteiger partial charge in [0.05, 0.1) is 19.8 Å². The van der Waals surface area contributed by atoms with E-state index in [2.05, 4.69) is 0 Å². The maximum absolute atomic E-state index is 12.2. The maximum Gasteiger partial charge on any atom is 0.253 e. The van der Waals surface area contributed by atoms with Crippen LogP contribution < -0.4 is 0 Å². The number of nitrogens with zero attached hydrogens (tertiary/aromatic N) is 1. The lowest BCUT2D eigenvalue weighted by atomic mass is 10.4. The molecule has 7 heteroatoms. The van der Waals surface area contributed by atoms with Crippen molar-refractivity contribution in [2.75, 3.05) is 26.3 Å². The van der Waals surface area contributed by atoms with Crippen LogP contribution in [0.15, 0.2) is 15.7 Å². The molecule has 0 unspecified atom stereocenters. The Hall–Kier alpha value is -0.470. The van der Waals surface area contributed by atoms with Crippen molar-refractivity contribution in [3.8, 4) is 0 Å². The fraction of sp³-hybridized carbons (Fsp3) is 0.556. The van der Waals surface area contributed by atoms with Gasteiger partial charge in [-0.25, -0.2) is 8.42 Å². The van der Waals surface area contributed by atoms with E-state index in [0.717, 1.165) is 11.3 Å². The fourth-order valence-corrected chi connectivity index (χ4v) is 4.51. The van der Waals surface area contributed by atoms with Crippen LogP contribution in [0.3, 0.4) is 0 Å². The highest BCUT2D eigenvalue weighted by molar-refractivity contribution is 7.91. The topological polar surface area (TPSA) is 66.8 Å². The van der Waals surface area contributed by atoms with Gasteiger partial charge in [0.15, 0.2) is 0 Å². The highest BCUT2D eigenvalue weighted by atomic mass is 32.2. The molecule has 16 heavy (non-hydrogen) atoms. The Morgan fingerprint density at radius 1 is 1.44 bits per heavy atom. The van der Waals surface area contributed by atoms with Crippen LogP contribution in [0.2, 0.25) is 0 Å². The summed E-state index contributed by atoms with van der Waals surface area (Å²) in [5.41, 5.74) is 0.469. The molecule has 1 aromatic rings. The molecule has 1 aliphatic rings. The van der Waals surface area contributed by atoms with Gasteiger partial charge in [0, 0.05) is 18.7 Å². The minimum absolute atomic E-state index is 0.247. The molecular formula is C9H13NO4S2. The molecule has 90 valence electrons. The van der Waals surface area contributed by atoms with E-state index < -0.39 is 10.0 Å². The zero-order valence-electron chi connectivity index (χ0n) is 8.63. The Kier molecular flexibility index (Phi) is 3.60. The van der Waals surface area contributed by atoms with Gasteiger partial charge in [-0.15, -0.1) is 11.3 Å². The lowest BCUT2D eigenvalue weighted by Crippen LogP contribution is -2.40. The van der Waals surface area contributed by atoms with E-state index in [-0.39, 0.29) is 10.8 Å². The van der Waals surface area contributed by atoms with Gasteiger partial charge in [-0.05, 0) is 11.4 Å². The highest BCUT2D eigenvalue weighted by Crippen LogP contribution is 2.26. The van der Waals surface area contributed by atoms with E-state index in [1.807, 2.05) is 0 Å². The van der Waals surface area contributed by atoms with Gasteiger partial charge in [0.1, 0.15) is 4.21 Å². The molecule has 0 aliphatic carbocycles. The minimum atomic E-state index is -3.45. The molecule has 1 aliphatic heterocycles. The molecule has 0 bridgehead atoms. The number of thiophene rings is 1. The molecule has 0 saturated carbocycles. The van der Waals surface area contributed by atoms with E-state index in [1.54, 1.807) is 11.4 Å². The van der Waals surface area contributed by atoms with Gasteiger partial charge < -0.3 is 9.84 Å². The van der Waals surface area contributed by atoms with Crippen LogP contribution in [-0.2, 0) is 21.4 Å². The first kappa shape index (κ1) is 12.0. The number of rotatable bonds is 3. The molecule has 1 aromatic heterocycles. The Labute approximate surface area is 98.3 Å². The third-order valence-electron chi connectivity index (χ3n) is 2.42. The number of aliphatic hydroxyl groups is 1. The van der Waals surface area contributed by atoms with Gasteiger partial charge in [-0.1, -0.05) is 0 Å². The molecule has 1 fully saturated rings. The monoisotopic (exact) mass is 263 g/mol. The van der Waals surface area contributed by atoms with E-state index in [9.17, 15) is 8.42 Å². The van der Waals surface area contributed by atoms with Crippen LogP contribution >= 0.6 is 11.3 Å². The lowest BCUT2D eigenvalue weighted by Gasteiger charge is -2.25. The second-order valence-electron chi connectivity index (χ2n) is 3.41. The molecule has 0 radical (unpaired) electrons. The summed E-state index contributed by atoms with van der Waals surface area (Å²) >= 11 is 1.14. The molecule has 2 heterocycles. The van der Waals surface area contributed by atoms with Crippen molar-refractivity contribution in [3.05, 3.63) is 17.0 Å². The Morgan fingerprint density at radius 2 is 2.12 bits per heavy atom. The zero-order valence-corrected chi connectivity index (χ0v) is 10.3. The van der Waals surface area contributed by atoms with E-state index in [1.165, 1.54) is 4.31 Å². The van der Waals surface area contributed by atoms with E-state index in [0.29, 0.717) is 31.9 Å². The first-order valence-corrected chi connectivity index (χ1v) is 7.23. The Bertz CT molecular complexity index is 448. The van der Waals surface area contributed by atoms with E-state index >= 15 is 0 Å². The molecule has 2 rings (SSSR count).